The van der Waals surface area contributed by atoms with Gasteiger partial charge in [0, 0.05) is 12.1 Å². The molecule has 1 aromatic carbocycles. The van der Waals surface area contributed by atoms with Crippen molar-refractivity contribution in [3.63, 3.8) is 0 Å². The Hall–Kier alpha value is -2.10. The van der Waals surface area contributed by atoms with Crippen LogP contribution in [0.3, 0.4) is 0 Å². The molecule has 2 rings (SSSR count). The van der Waals surface area contributed by atoms with Crippen LogP contribution in [0.4, 0.5) is 5.82 Å². The number of aromatic nitrogens is 2. The number of rotatable bonds is 6. The van der Waals surface area contributed by atoms with Gasteiger partial charge in [-0.25, -0.2) is 9.97 Å². The summed E-state index contributed by atoms with van der Waals surface area (Å²) in [6.45, 7) is 9.63. The van der Waals surface area contributed by atoms with Crippen molar-refractivity contribution in [3.05, 3.63) is 35.7 Å². The molecule has 0 saturated heterocycles. The summed E-state index contributed by atoms with van der Waals surface area (Å²) in [7, 11) is 0. The highest BCUT2D eigenvalue weighted by Crippen LogP contribution is 2.33. The van der Waals surface area contributed by atoms with E-state index in [4.69, 9.17) is 9.72 Å². The number of anilines is 1. The zero-order chi connectivity index (χ0) is 15.2. The van der Waals surface area contributed by atoms with Crippen LogP contribution < -0.4 is 10.1 Å². The van der Waals surface area contributed by atoms with Crippen molar-refractivity contribution in [2.75, 3.05) is 18.5 Å². The molecule has 1 N–H and O–H groups in total. The molecule has 0 atom stereocenters. The lowest BCUT2D eigenvalue weighted by atomic mass is 10.1. The largest absolute Gasteiger partial charge is 0.493 e. The predicted octanol–water partition coefficient (Wildman–Crippen LogP) is 3.98. The number of hydrogen-bond donors (Lipinski definition) is 1. The van der Waals surface area contributed by atoms with E-state index in [-0.39, 0.29) is 0 Å². The molecule has 0 radical (unpaired) electrons. The first kappa shape index (κ1) is 15.3. The summed E-state index contributed by atoms with van der Waals surface area (Å²) in [4.78, 5) is 9.36. The quantitative estimate of drug-likeness (QED) is 0.872. The minimum absolute atomic E-state index is 0.700. The molecule has 0 aliphatic rings. The van der Waals surface area contributed by atoms with Gasteiger partial charge in [0.15, 0.2) is 5.82 Å². The molecule has 1 aromatic heterocycles. The summed E-state index contributed by atoms with van der Waals surface area (Å²) in [6, 6.07) is 8.00. The lowest BCUT2D eigenvalue weighted by Crippen LogP contribution is -2.07. The summed E-state index contributed by atoms with van der Waals surface area (Å²) in [5.41, 5.74) is 3.72. The molecular formula is C17H23N3O. The number of benzene rings is 1. The molecule has 2 aromatic rings. The smallest absolute Gasteiger partial charge is 0.153 e. The highest BCUT2D eigenvalue weighted by molar-refractivity contribution is 5.76. The fourth-order valence-electron chi connectivity index (χ4n) is 2.08. The maximum atomic E-state index is 5.85. The van der Waals surface area contributed by atoms with Gasteiger partial charge in [-0.3, -0.25) is 0 Å². The highest BCUT2D eigenvalue weighted by Gasteiger charge is 2.14. The molecule has 0 amide bonds. The van der Waals surface area contributed by atoms with Crippen LogP contribution in [-0.2, 0) is 0 Å². The van der Waals surface area contributed by atoms with Crippen molar-refractivity contribution in [2.45, 2.75) is 34.1 Å². The molecule has 0 spiro atoms. The lowest BCUT2D eigenvalue weighted by Gasteiger charge is -2.15. The third-order valence-corrected chi connectivity index (χ3v) is 3.26. The van der Waals surface area contributed by atoms with Crippen molar-refractivity contribution in [3.8, 4) is 17.0 Å². The van der Waals surface area contributed by atoms with Crippen LogP contribution >= 0.6 is 0 Å². The van der Waals surface area contributed by atoms with E-state index in [0.29, 0.717) is 6.61 Å². The minimum Gasteiger partial charge on any atom is -0.493 e. The van der Waals surface area contributed by atoms with Crippen molar-refractivity contribution >= 4 is 5.82 Å². The molecule has 0 unspecified atom stereocenters. The van der Waals surface area contributed by atoms with E-state index in [9.17, 15) is 0 Å². The van der Waals surface area contributed by atoms with E-state index in [1.54, 1.807) is 0 Å². The zero-order valence-electron chi connectivity index (χ0n) is 13.2. The van der Waals surface area contributed by atoms with Crippen LogP contribution in [0.2, 0.25) is 0 Å². The molecule has 0 saturated carbocycles. The molecule has 0 aliphatic carbocycles. The third kappa shape index (κ3) is 3.51. The average molecular weight is 285 g/mol. The second-order valence-corrected chi connectivity index (χ2v) is 4.97. The SMILES string of the molecule is CCCOc1ccccc1-c1nc(C)c(C)nc1NCC. The van der Waals surface area contributed by atoms with Gasteiger partial charge in [-0.15, -0.1) is 0 Å². The first-order valence-corrected chi connectivity index (χ1v) is 7.48. The Bertz CT molecular complexity index is 611. The lowest BCUT2D eigenvalue weighted by molar-refractivity contribution is 0.318. The third-order valence-electron chi connectivity index (χ3n) is 3.26. The maximum Gasteiger partial charge on any atom is 0.153 e. The Balaban J connectivity index is 2.52. The van der Waals surface area contributed by atoms with Gasteiger partial charge >= 0.3 is 0 Å². The van der Waals surface area contributed by atoms with Crippen LogP contribution in [0.5, 0.6) is 5.75 Å². The number of ether oxygens (including phenoxy) is 1. The molecule has 0 aliphatic heterocycles. The summed E-state index contributed by atoms with van der Waals surface area (Å²) >= 11 is 0. The van der Waals surface area contributed by atoms with Crippen LogP contribution in [0.15, 0.2) is 24.3 Å². The van der Waals surface area contributed by atoms with Gasteiger partial charge in [-0.05, 0) is 39.3 Å². The van der Waals surface area contributed by atoms with E-state index in [2.05, 4.69) is 24.1 Å². The summed E-state index contributed by atoms with van der Waals surface area (Å²) in [5, 5.41) is 3.30. The molecule has 1 heterocycles. The second-order valence-electron chi connectivity index (χ2n) is 4.97. The number of para-hydroxylation sites is 1. The first-order chi connectivity index (χ1) is 10.2. The molecule has 21 heavy (non-hydrogen) atoms. The number of aryl methyl sites for hydroxylation is 2. The zero-order valence-corrected chi connectivity index (χ0v) is 13.2. The average Bonchev–Trinajstić information content (AvgIpc) is 2.49. The van der Waals surface area contributed by atoms with E-state index in [1.165, 1.54) is 0 Å². The normalized spacial score (nSPS) is 10.5. The fraction of sp³-hybridized carbons (Fsp3) is 0.412. The van der Waals surface area contributed by atoms with Crippen LogP contribution in [0.1, 0.15) is 31.7 Å². The topological polar surface area (TPSA) is 47.0 Å². The van der Waals surface area contributed by atoms with Crippen LogP contribution in [0.25, 0.3) is 11.3 Å². The maximum absolute atomic E-state index is 5.85. The molecule has 0 bridgehead atoms. The summed E-state index contributed by atoms with van der Waals surface area (Å²) in [5.74, 6) is 1.67. The number of nitrogens with zero attached hydrogens (tertiary/aromatic N) is 2. The van der Waals surface area contributed by atoms with E-state index in [1.807, 2.05) is 38.1 Å². The Kier molecular flexibility index (Phi) is 5.14. The second kappa shape index (κ2) is 7.07. The van der Waals surface area contributed by atoms with Gasteiger partial charge in [0.2, 0.25) is 0 Å². The van der Waals surface area contributed by atoms with Gasteiger partial charge in [0.1, 0.15) is 11.4 Å². The van der Waals surface area contributed by atoms with Crippen molar-refractivity contribution in [1.29, 1.82) is 0 Å². The molecule has 0 fully saturated rings. The minimum atomic E-state index is 0.700. The Morgan fingerprint density at radius 3 is 2.48 bits per heavy atom. The van der Waals surface area contributed by atoms with E-state index < -0.39 is 0 Å². The summed E-state index contributed by atoms with van der Waals surface area (Å²) < 4.78 is 5.85. The van der Waals surface area contributed by atoms with Gasteiger partial charge in [0.05, 0.1) is 18.0 Å². The highest BCUT2D eigenvalue weighted by atomic mass is 16.5. The molecule has 112 valence electrons. The van der Waals surface area contributed by atoms with E-state index >= 15 is 0 Å². The first-order valence-electron chi connectivity index (χ1n) is 7.48. The van der Waals surface area contributed by atoms with E-state index in [0.717, 1.165) is 47.2 Å². The van der Waals surface area contributed by atoms with Crippen molar-refractivity contribution < 1.29 is 4.74 Å². The number of hydrogen-bond acceptors (Lipinski definition) is 4. The predicted molar refractivity (Wildman–Crippen MR) is 86.9 cm³/mol. The van der Waals surface area contributed by atoms with Gasteiger partial charge in [-0.1, -0.05) is 19.1 Å². The monoisotopic (exact) mass is 285 g/mol. The van der Waals surface area contributed by atoms with Crippen LogP contribution in [0, 0.1) is 13.8 Å². The Morgan fingerprint density at radius 1 is 1.05 bits per heavy atom. The Labute approximate surface area is 126 Å². The fourth-order valence-corrected chi connectivity index (χ4v) is 2.08. The van der Waals surface area contributed by atoms with Crippen molar-refractivity contribution in [2.24, 2.45) is 0 Å². The molecule has 4 heteroatoms. The summed E-state index contributed by atoms with van der Waals surface area (Å²) in [6.07, 6.45) is 0.979. The standard InChI is InChI=1S/C17H23N3O/c1-5-11-21-15-10-8-7-9-14(15)16-17(18-6-2)20-13(4)12(3)19-16/h7-10H,5-6,11H2,1-4H3,(H,18,20). The molecule has 4 nitrogen and oxygen atoms in total. The number of nitrogens with one attached hydrogen (secondary N) is 1. The molecular weight excluding hydrogens is 262 g/mol. The van der Waals surface area contributed by atoms with Gasteiger partial charge in [-0.2, -0.15) is 0 Å². The van der Waals surface area contributed by atoms with Crippen LogP contribution in [-0.4, -0.2) is 23.1 Å². The van der Waals surface area contributed by atoms with Crippen molar-refractivity contribution in [1.82, 2.24) is 9.97 Å². The Morgan fingerprint density at radius 2 is 1.76 bits per heavy atom. The van der Waals surface area contributed by atoms with Gasteiger partial charge in [0.25, 0.3) is 0 Å². The van der Waals surface area contributed by atoms with Gasteiger partial charge < -0.3 is 10.1 Å².